The molecular formula is C15H19N5O2S. The van der Waals surface area contributed by atoms with Gasteiger partial charge in [0.15, 0.2) is 5.16 Å². The Morgan fingerprint density at radius 2 is 2.09 bits per heavy atom. The summed E-state index contributed by atoms with van der Waals surface area (Å²) in [5.74, 6) is 2.64. The van der Waals surface area contributed by atoms with Crippen molar-refractivity contribution in [1.29, 1.82) is 0 Å². The zero-order valence-electron chi connectivity index (χ0n) is 13.3. The van der Waals surface area contributed by atoms with Crippen LogP contribution < -0.4 is 0 Å². The smallest absolute Gasteiger partial charge is 0.229 e. The van der Waals surface area contributed by atoms with E-state index in [0.29, 0.717) is 24.2 Å². The van der Waals surface area contributed by atoms with Gasteiger partial charge in [0.1, 0.15) is 12.1 Å². The van der Waals surface area contributed by atoms with E-state index in [1.54, 1.807) is 12.6 Å². The predicted octanol–water partition coefficient (Wildman–Crippen LogP) is 3.35. The van der Waals surface area contributed by atoms with Crippen LogP contribution in [-0.2, 0) is 13.0 Å². The molecule has 7 nitrogen and oxygen atoms in total. The molecule has 122 valence electrons. The Kier molecular flexibility index (Phi) is 4.80. The molecule has 0 aliphatic heterocycles. The molecule has 3 aromatic heterocycles. The van der Waals surface area contributed by atoms with Crippen molar-refractivity contribution in [3.8, 4) is 0 Å². The van der Waals surface area contributed by atoms with Gasteiger partial charge in [-0.1, -0.05) is 25.6 Å². The van der Waals surface area contributed by atoms with Crippen molar-refractivity contribution < 1.29 is 8.83 Å². The molecule has 1 atom stereocenters. The summed E-state index contributed by atoms with van der Waals surface area (Å²) in [6, 6.07) is 3.79. The summed E-state index contributed by atoms with van der Waals surface area (Å²) in [5.41, 5.74) is 0. The van der Waals surface area contributed by atoms with Crippen molar-refractivity contribution >= 4 is 11.8 Å². The number of aromatic nitrogens is 5. The summed E-state index contributed by atoms with van der Waals surface area (Å²) in [6.07, 6.45) is 4.14. The minimum absolute atomic E-state index is 0.00274. The summed E-state index contributed by atoms with van der Waals surface area (Å²) in [7, 11) is 0. The van der Waals surface area contributed by atoms with E-state index in [1.807, 2.05) is 23.6 Å². The van der Waals surface area contributed by atoms with Crippen LogP contribution in [0.5, 0.6) is 0 Å². The lowest BCUT2D eigenvalue weighted by Gasteiger charge is -2.07. The second-order valence-electron chi connectivity index (χ2n) is 5.71. The maximum absolute atomic E-state index is 5.73. The maximum atomic E-state index is 5.73. The summed E-state index contributed by atoms with van der Waals surface area (Å²) in [5, 5.41) is 17.2. The van der Waals surface area contributed by atoms with E-state index >= 15 is 0 Å². The summed E-state index contributed by atoms with van der Waals surface area (Å²) in [4.78, 5) is 0. The topological polar surface area (TPSA) is 82.8 Å². The molecule has 0 N–H and O–H groups in total. The Morgan fingerprint density at radius 3 is 2.83 bits per heavy atom. The first kappa shape index (κ1) is 15.8. The second kappa shape index (κ2) is 6.99. The number of furan rings is 1. The minimum atomic E-state index is 0.00274. The van der Waals surface area contributed by atoms with Crippen LogP contribution in [0, 0.1) is 5.92 Å². The molecule has 0 bridgehead atoms. The average molecular weight is 333 g/mol. The van der Waals surface area contributed by atoms with Gasteiger partial charge in [-0.15, -0.1) is 20.4 Å². The van der Waals surface area contributed by atoms with Crippen LogP contribution in [0.3, 0.4) is 0 Å². The third-order valence-electron chi connectivity index (χ3n) is 3.18. The molecule has 3 aromatic rings. The number of rotatable bonds is 7. The van der Waals surface area contributed by atoms with Gasteiger partial charge in [-0.3, -0.25) is 0 Å². The average Bonchev–Trinajstić information content (AvgIpc) is 3.22. The lowest BCUT2D eigenvalue weighted by molar-refractivity contribution is 0.426. The lowest BCUT2D eigenvalue weighted by Crippen LogP contribution is -2.00. The van der Waals surface area contributed by atoms with Crippen LogP contribution in [0.1, 0.15) is 43.6 Å². The van der Waals surface area contributed by atoms with Crippen molar-refractivity contribution in [2.45, 2.75) is 44.1 Å². The molecule has 3 rings (SSSR count). The molecule has 0 radical (unpaired) electrons. The van der Waals surface area contributed by atoms with E-state index in [0.717, 1.165) is 17.3 Å². The molecule has 23 heavy (non-hydrogen) atoms. The molecule has 0 saturated heterocycles. The van der Waals surface area contributed by atoms with Gasteiger partial charge in [-0.05, 0) is 25.0 Å². The zero-order chi connectivity index (χ0) is 16.2. The van der Waals surface area contributed by atoms with Crippen LogP contribution in [0.25, 0.3) is 0 Å². The Labute approximate surface area is 138 Å². The maximum Gasteiger partial charge on any atom is 0.229 e. The lowest BCUT2D eigenvalue weighted by atomic mass is 10.1. The number of thioether (sulfide) groups is 1. The molecular weight excluding hydrogens is 314 g/mol. The van der Waals surface area contributed by atoms with E-state index in [1.165, 1.54) is 11.8 Å². The van der Waals surface area contributed by atoms with Gasteiger partial charge in [-0.2, -0.15) is 0 Å². The Balaban J connectivity index is 1.67. The molecule has 0 spiro atoms. The number of hydrogen-bond donors (Lipinski definition) is 0. The van der Waals surface area contributed by atoms with Crippen LogP contribution in [0.15, 0.2) is 38.7 Å². The van der Waals surface area contributed by atoms with Crippen molar-refractivity contribution in [2.24, 2.45) is 5.92 Å². The van der Waals surface area contributed by atoms with E-state index in [2.05, 4.69) is 34.2 Å². The van der Waals surface area contributed by atoms with E-state index in [4.69, 9.17) is 8.83 Å². The van der Waals surface area contributed by atoms with Gasteiger partial charge in [-0.25, -0.2) is 0 Å². The standard InChI is InChI=1S/C15H19N5O2S/c1-10(2)7-13-17-18-14(22-13)11(3)23-15-19-16-9-20(15)8-12-5-4-6-21-12/h4-6,9-11H,7-8H2,1-3H3/t11-/m0/s1. The summed E-state index contributed by atoms with van der Waals surface area (Å²) in [6.45, 7) is 6.86. The van der Waals surface area contributed by atoms with Crippen molar-refractivity contribution in [3.63, 3.8) is 0 Å². The molecule has 0 aromatic carbocycles. The highest BCUT2D eigenvalue weighted by Gasteiger charge is 2.19. The normalized spacial score (nSPS) is 12.9. The second-order valence-corrected chi connectivity index (χ2v) is 7.02. The minimum Gasteiger partial charge on any atom is -0.467 e. The van der Waals surface area contributed by atoms with E-state index in [-0.39, 0.29) is 5.25 Å². The number of nitrogens with zero attached hydrogens (tertiary/aromatic N) is 5. The highest BCUT2D eigenvalue weighted by Crippen LogP contribution is 2.33. The highest BCUT2D eigenvalue weighted by atomic mass is 32.2. The van der Waals surface area contributed by atoms with E-state index < -0.39 is 0 Å². The van der Waals surface area contributed by atoms with Crippen molar-refractivity contribution in [3.05, 3.63) is 42.3 Å². The first-order chi connectivity index (χ1) is 11.1. The van der Waals surface area contributed by atoms with Crippen molar-refractivity contribution in [2.75, 3.05) is 0 Å². The Bertz CT molecular complexity index is 735. The largest absolute Gasteiger partial charge is 0.467 e. The van der Waals surface area contributed by atoms with Gasteiger partial charge < -0.3 is 13.4 Å². The molecule has 0 amide bonds. The van der Waals surface area contributed by atoms with Gasteiger partial charge in [0.25, 0.3) is 0 Å². The fourth-order valence-electron chi connectivity index (χ4n) is 2.09. The molecule has 0 fully saturated rings. The predicted molar refractivity (Wildman–Crippen MR) is 84.9 cm³/mol. The van der Waals surface area contributed by atoms with E-state index in [9.17, 15) is 0 Å². The molecule has 0 aliphatic carbocycles. The molecule has 0 unspecified atom stereocenters. The van der Waals surface area contributed by atoms with Gasteiger partial charge in [0, 0.05) is 6.42 Å². The fourth-order valence-corrected chi connectivity index (χ4v) is 2.94. The van der Waals surface area contributed by atoms with Crippen LogP contribution in [0.2, 0.25) is 0 Å². The van der Waals surface area contributed by atoms with Crippen LogP contribution in [-0.4, -0.2) is 25.0 Å². The Morgan fingerprint density at radius 1 is 1.22 bits per heavy atom. The summed E-state index contributed by atoms with van der Waals surface area (Å²) >= 11 is 1.54. The van der Waals surface area contributed by atoms with Crippen LogP contribution >= 0.6 is 11.8 Å². The first-order valence-corrected chi connectivity index (χ1v) is 8.39. The molecule has 8 heteroatoms. The Hall–Kier alpha value is -2.09. The SMILES string of the molecule is CC(C)Cc1nnc([C@H](C)Sc2nncn2Cc2ccco2)o1. The van der Waals surface area contributed by atoms with Gasteiger partial charge in [0.05, 0.1) is 18.1 Å². The van der Waals surface area contributed by atoms with Gasteiger partial charge in [0.2, 0.25) is 11.8 Å². The molecule has 3 heterocycles. The summed E-state index contributed by atoms with van der Waals surface area (Å²) < 4.78 is 13.0. The third kappa shape index (κ3) is 4.01. The number of hydrogen-bond acceptors (Lipinski definition) is 7. The zero-order valence-corrected chi connectivity index (χ0v) is 14.2. The van der Waals surface area contributed by atoms with Crippen molar-refractivity contribution in [1.82, 2.24) is 25.0 Å². The highest BCUT2D eigenvalue weighted by molar-refractivity contribution is 7.99. The quantitative estimate of drug-likeness (QED) is 0.613. The fraction of sp³-hybridized carbons (Fsp3) is 0.467. The molecule has 0 saturated carbocycles. The monoisotopic (exact) mass is 333 g/mol. The molecule has 0 aliphatic rings. The van der Waals surface area contributed by atoms with Crippen LogP contribution in [0.4, 0.5) is 0 Å². The van der Waals surface area contributed by atoms with Gasteiger partial charge >= 0.3 is 0 Å². The third-order valence-corrected chi connectivity index (χ3v) is 4.26. The first-order valence-electron chi connectivity index (χ1n) is 7.51.